The van der Waals surface area contributed by atoms with Crippen molar-refractivity contribution in [2.24, 2.45) is 5.92 Å². The van der Waals surface area contributed by atoms with Gasteiger partial charge in [-0.2, -0.15) is 4.98 Å². The van der Waals surface area contributed by atoms with Gasteiger partial charge in [0.15, 0.2) is 0 Å². The van der Waals surface area contributed by atoms with Gasteiger partial charge in [0.1, 0.15) is 10.8 Å². The molecule has 0 aliphatic carbocycles. The molecule has 0 radical (unpaired) electrons. The van der Waals surface area contributed by atoms with Crippen LogP contribution >= 0.6 is 11.6 Å². The molecule has 2 rings (SSSR count). The third-order valence-corrected chi connectivity index (χ3v) is 3.98. The molecular weight excluding hydrogens is 318 g/mol. The number of aryl methyl sites for hydroxylation is 1. The number of piperidine rings is 1. The smallest absolute Gasteiger partial charge is 0.410 e. The number of amides is 1. The van der Waals surface area contributed by atoms with Crippen LogP contribution in [0.1, 0.15) is 39.2 Å². The molecule has 7 heteroatoms. The fourth-order valence-corrected chi connectivity index (χ4v) is 2.40. The molecule has 0 saturated carbocycles. The predicted molar refractivity (Wildman–Crippen MR) is 87.8 cm³/mol. The first-order valence-electron chi connectivity index (χ1n) is 7.84. The van der Waals surface area contributed by atoms with E-state index in [1.807, 2.05) is 27.7 Å². The standard InChI is InChI=1S/C16H24ClN3O3/c1-11-9-18-14(19-13(11)17)22-10-12-5-7-20(8-6-12)15(21)23-16(2,3)4/h9,12H,5-8,10H2,1-4H3. The summed E-state index contributed by atoms with van der Waals surface area (Å²) in [6, 6.07) is 0.301. The normalized spacial score (nSPS) is 16.3. The van der Waals surface area contributed by atoms with Crippen molar-refractivity contribution < 1.29 is 14.3 Å². The van der Waals surface area contributed by atoms with E-state index in [1.165, 1.54) is 0 Å². The Balaban J connectivity index is 1.76. The van der Waals surface area contributed by atoms with Crippen molar-refractivity contribution in [1.29, 1.82) is 0 Å². The lowest BCUT2D eigenvalue weighted by atomic mass is 9.98. The SMILES string of the molecule is Cc1cnc(OCC2CCN(C(=O)OC(C)(C)C)CC2)nc1Cl. The van der Waals surface area contributed by atoms with Gasteiger partial charge in [-0.25, -0.2) is 9.78 Å². The zero-order valence-electron chi connectivity index (χ0n) is 14.1. The highest BCUT2D eigenvalue weighted by atomic mass is 35.5. The largest absolute Gasteiger partial charge is 0.463 e. The molecule has 23 heavy (non-hydrogen) atoms. The number of ether oxygens (including phenoxy) is 2. The van der Waals surface area contributed by atoms with Gasteiger partial charge in [0, 0.05) is 24.8 Å². The molecule has 0 N–H and O–H groups in total. The van der Waals surface area contributed by atoms with E-state index in [1.54, 1.807) is 11.1 Å². The van der Waals surface area contributed by atoms with Crippen molar-refractivity contribution in [1.82, 2.24) is 14.9 Å². The summed E-state index contributed by atoms with van der Waals surface area (Å²) in [6.45, 7) is 9.35. The Morgan fingerprint density at radius 2 is 2.04 bits per heavy atom. The van der Waals surface area contributed by atoms with E-state index < -0.39 is 5.60 Å². The molecule has 1 aliphatic rings. The minimum absolute atomic E-state index is 0.245. The summed E-state index contributed by atoms with van der Waals surface area (Å²) in [6.07, 6.45) is 3.15. The fourth-order valence-electron chi connectivity index (χ4n) is 2.28. The zero-order chi connectivity index (χ0) is 17.0. The van der Waals surface area contributed by atoms with E-state index in [0.717, 1.165) is 18.4 Å². The summed E-state index contributed by atoms with van der Waals surface area (Å²) in [5.41, 5.74) is 0.365. The van der Waals surface area contributed by atoms with Crippen LogP contribution in [-0.2, 0) is 4.74 Å². The number of nitrogens with zero attached hydrogens (tertiary/aromatic N) is 3. The van der Waals surface area contributed by atoms with E-state index in [9.17, 15) is 4.79 Å². The summed E-state index contributed by atoms with van der Waals surface area (Å²) < 4.78 is 11.0. The van der Waals surface area contributed by atoms with Crippen LogP contribution in [-0.4, -0.2) is 46.3 Å². The lowest BCUT2D eigenvalue weighted by Crippen LogP contribution is -2.42. The van der Waals surface area contributed by atoms with Gasteiger partial charge in [0.25, 0.3) is 0 Å². The fraction of sp³-hybridized carbons (Fsp3) is 0.688. The number of rotatable bonds is 3. The zero-order valence-corrected chi connectivity index (χ0v) is 14.9. The summed E-state index contributed by atoms with van der Waals surface area (Å²) in [4.78, 5) is 22.0. The van der Waals surface area contributed by atoms with Crippen molar-refractivity contribution in [3.05, 3.63) is 16.9 Å². The van der Waals surface area contributed by atoms with Crippen molar-refractivity contribution in [2.45, 2.75) is 46.1 Å². The molecule has 1 aromatic heterocycles. The van der Waals surface area contributed by atoms with E-state index in [0.29, 0.717) is 36.8 Å². The Kier molecular flexibility index (Phi) is 5.68. The Morgan fingerprint density at radius 1 is 1.39 bits per heavy atom. The van der Waals surface area contributed by atoms with Crippen molar-refractivity contribution in [3.63, 3.8) is 0 Å². The molecule has 2 heterocycles. The summed E-state index contributed by atoms with van der Waals surface area (Å²) in [5, 5.41) is 0.412. The molecule has 0 aromatic carbocycles. The molecule has 1 aliphatic heterocycles. The van der Waals surface area contributed by atoms with Crippen LogP contribution < -0.4 is 4.74 Å². The second kappa shape index (κ2) is 7.34. The van der Waals surface area contributed by atoms with Gasteiger partial charge in [-0.15, -0.1) is 0 Å². The molecule has 1 saturated heterocycles. The van der Waals surface area contributed by atoms with E-state index in [2.05, 4.69) is 9.97 Å². The average molecular weight is 342 g/mol. The molecule has 0 spiro atoms. The molecule has 128 valence electrons. The Hall–Kier alpha value is -1.56. The number of hydrogen-bond acceptors (Lipinski definition) is 5. The van der Waals surface area contributed by atoms with Gasteiger partial charge >= 0.3 is 12.1 Å². The molecular formula is C16H24ClN3O3. The maximum Gasteiger partial charge on any atom is 0.410 e. The lowest BCUT2D eigenvalue weighted by Gasteiger charge is -2.33. The number of aromatic nitrogens is 2. The number of halogens is 1. The summed E-state index contributed by atoms with van der Waals surface area (Å²) in [5.74, 6) is 0.373. The first-order chi connectivity index (χ1) is 10.7. The third kappa shape index (κ3) is 5.53. The summed E-state index contributed by atoms with van der Waals surface area (Å²) >= 11 is 5.95. The first kappa shape index (κ1) is 17.8. The number of carbonyl (C=O) groups excluding carboxylic acids is 1. The van der Waals surface area contributed by atoms with Gasteiger partial charge in [0.2, 0.25) is 0 Å². The van der Waals surface area contributed by atoms with E-state index in [4.69, 9.17) is 21.1 Å². The maximum atomic E-state index is 12.0. The van der Waals surface area contributed by atoms with Crippen LogP contribution in [0.4, 0.5) is 4.79 Å². The van der Waals surface area contributed by atoms with Crippen LogP contribution in [0.2, 0.25) is 5.15 Å². The average Bonchev–Trinajstić information content (AvgIpc) is 2.47. The molecule has 0 atom stereocenters. The quantitative estimate of drug-likeness (QED) is 0.788. The van der Waals surface area contributed by atoms with Crippen LogP contribution in [0, 0.1) is 12.8 Å². The minimum atomic E-state index is -0.459. The predicted octanol–water partition coefficient (Wildman–Crippen LogP) is 3.46. The van der Waals surface area contributed by atoms with Gasteiger partial charge in [-0.05, 0) is 46.5 Å². The molecule has 1 amide bonds. The highest BCUT2D eigenvalue weighted by Gasteiger charge is 2.27. The van der Waals surface area contributed by atoms with Gasteiger partial charge in [0.05, 0.1) is 6.61 Å². The Labute approximate surface area is 142 Å². The van der Waals surface area contributed by atoms with Crippen molar-refractivity contribution in [3.8, 4) is 6.01 Å². The molecule has 0 bridgehead atoms. The highest BCUT2D eigenvalue weighted by Crippen LogP contribution is 2.21. The molecule has 1 aromatic rings. The number of likely N-dealkylation sites (tertiary alicyclic amines) is 1. The van der Waals surface area contributed by atoms with Crippen LogP contribution in [0.3, 0.4) is 0 Å². The molecule has 6 nitrogen and oxygen atoms in total. The lowest BCUT2D eigenvalue weighted by molar-refractivity contribution is 0.0163. The summed E-state index contributed by atoms with van der Waals surface area (Å²) in [7, 11) is 0. The van der Waals surface area contributed by atoms with E-state index >= 15 is 0 Å². The van der Waals surface area contributed by atoms with Crippen molar-refractivity contribution in [2.75, 3.05) is 19.7 Å². The second-order valence-electron chi connectivity index (χ2n) is 6.85. The Bertz CT molecular complexity index is 552. The van der Waals surface area contributed by atoms with Crippen LogP contribution in [0.25, 0.3) is 0 Å². The Morgan fingerprint density at radius 3 is 2.61 bits per heavy atom. The van der Waals surface area contributed by atoms with Gasteiger partial charge < -0.3 is 14.4 Å². The highest BCUT2D eigenvalue weighted by molar-refractivity contribution is 6.30. The van der Waals surface area contributed by atoms with Crippen molar-refractivity contribution >= 4 is 17.7 Å². The van der Waals surface area contributed by atoms with Crippen LogP contribution in [0.5, 0.6) is 6.01 Å². The van der Waals surface area contributed by atoms with E-state index in [-0.39, 0.29) is 6.09 Å². The molecule has 0 unspecified atom stereocenters. The molecule has 1 fully saturated rings. The minimum Gasteiger partial charge on any atom is -0.463 e. The third-order valence-electron chi connectivity index (χ3n) is 3.60. The monoisotopic (exact) mass is 341 g/mol. The maximum absolute atomic E-state index is 12.0. The number of carbonyl (C=O) groups is 1. The van der Waals surface area contributed by atoms with Gasteiger partial charge in [-0.1, -0.05) is 11.6 Å². The van der Waals surface area contributed by atoms with Gasteiger partial charge in [-0.3, -0.25) is 0 Å². The second-order valence-corrected chi connectivity index (χ2v) is 7.21. The first-order valence-corrected chi connectivity index (χ1v) is 8.22. The number of hydrogen-bond donors (Lipinski definition) is 0. The topological polar surface area (TPSA) is 64.5 Å². The van der Waals surface area contributed by atoms with Crippen LogP contribution in [0.15, 0.2) is 6.20 Å².